The molecule has 0 saturated carbocycles. The van der Waals surface area contributed by atoms with Crippen LogP contribution in [-0.4, -0.2) is 36.1 Å². The first-order valence-electron chi connectivity index (χ1n) is 8.33. The predicted octanol–water partition coefficient (Wildman–Crippen LogP) is 3.52. The van der Waals surface area contributed by atoms with Gasteiger partial charge in [-0.1, -0.05) is 30.3 Å². The highest BCUT2D eigenvalue weighted by Gasteiger charge is 2.28. The van der Waals surface area contributed by atoms with Gasteiger partial charge in [-0.15, -0.1) is 0 Å². The Balaban J connectivity index is 1.62. The Morgan fingerprint density at radius 1 is 1.12 bits per heavy atom. The summed E-state index contributed by atoms with van der Waals surface area (Å²) in [6, 6.07) is 17.5. The van der Waals surface area contributed by atoms with Crippen molar-refractivity contribution in [2.24, 2.45) is 0 Å². The van der Waals surface area contributed by atoms with E-state index < -0.39 is 0 Å². The number of benzene rings is 2. The Kier molecular flexibility index (Phi) is 5.16. The van der Waals surface area contributed by atoms with Gasteiger partial charge in [0.1, 0.15) is 12.4 Å². The highest BCUT2D eigenvalue weighted by atomic mass is 16.5. The molecule has 0 N–H and O–H groups in total. The quantitative estimate of drug-likeness (QED) is 0.863. The molecule has 4 heteroatoms. The second-order valence-corrected chi connectivity index (χ2v) is 6.25. The van der Waals surface area contributed by atoms with Crippen LogP contribution < -0.4 is 4.74 Å². The number of para-hydroxylation sites is 1. The maximum atomic E-state index is 12.7. The molecule has 1 aliphatic rings. The van der Waals surface area contributed by atoms with Gasteiger partial charge < -0.3 is 14.4 Å². The molecule has 1 fully saturated rings. The van der Waals surface area contributed by atoms with Crippen molar-refractivity contribution >= 4 is 5.91 Å². The highest BCUT2D eigenvalue weighted by molar-refractivity contribution is 5.94. The molecule has 2 atom stereocenters. The molecule has 0 aliphatic carbocycles. The van der Waals surface area contributed by atoms with Crippen molar-refractivity contribution in [1.82, 2.24) is 4.90 Å². The summed E-state index contributed by atoms with van der Waals surface area (Å²) < 4.78 is 11.3. The van der Waals surface area contributed by atoms with Crippen LogP contribution in [0.25, 0.3) is 0 Å². The zero-order chi connectivity index (χ0) is 16.9. The zero-order valence-corrected chi connectivity index (χ0v) is 14.1. The van der Waals surface area contributed by atoms with Crippen molar-refractivity contribution in [2.45, 2.75) is 32.6 Å². The Morgan fingerprint density at radius 2 is 1.83 bits per heavy atom. The van der Waals surface area contributed by atoms with E-state index in [1.807, 2.05) is 73.3 Å². The van der Waals surface area contributed by atoms with E-state index in [4.69, 9.17) is 9.47 Å². The first kappa shape index (κ1) is 16.5. The minimum atomic E-state index is 0.0631. The number of morpholine rings is 1. The van der Waals surface area contributed by atoms with Gasteiger partial charge in [-0.2, -0.15) is 0 Å². The lowest BCUT2D eigenvalue weighted by Gasteiger charge is -2.36. The topological polar surface area (TPSA) is 38.8 Å². The van der Waals surface area contributed by atoms with Gasteiger partial charge in [-0.05, 0) is 43.7 Å². The van der Waals surface area contributed by atoms with Crippen molar-refractivity contribution in [3.05, 3.63) is 65.7 Å². The number of hydrogen-bond acceptors (Lipinski definition) is 3. The van der Waals surface area contributed by atoms with Gasteiger partial charge in [0.25, 0.3) is 5.91 Å². The number of carbonyl (C=O) groups is 1. The van der Waals surface area contributed by atoms with E-state index >= 15 is 0 Å². The molecular formula is C20H23NO3. The Morgan fingerprint density at radius 3 is 2.54 bits per heavy atom. The maximum absolute atomic E-state index is 12.7. The molecule has 24 heavy (non-hydrogen) atoms. The van der Waals surface area contributed by atoms with E-state index in [9.17, 15) is 4.79 Å². The third kappa shape index (κ3) is 3.95. The molecule has 1 heterocycles. The number of nitrogens with zero attached hydrogens (tertiary/aromatic N) is 1. The van der Waals surface area contributed by atoms with Crippen molar-refractivity contribution in [1.29, 1.82) is 0 Å². The summed E-state index contributed by atoms with van der Waals surface area (Å²) in [5.41, 5.74) is 1.75. The molecule has 3 rings (SSSR count). The fraction of sp³-hybridized carbons (Fsp3) is 0.350. The molecule has 4 nitrogen and oxygen atoms in total. The van der Waals surface area contributed by atoms with E-state index in [0.29, 0.717) is 25.3 Å². The Labute approximate surface area is 143 Å². The standard InChI is InChI=1S/C20H23NO3/c1-15-13-23-16(2)12-21(15)20(22)18-10-8-17(9-11-18)14-24-19-6-4-3-5-7-19/h3-11,15-16H,12-14H2,1-2H3. The average Bonchev–Trinajstić information content (AvgIpc) is 2.63. The lowest BCUT2D eigenvalue weighted by Crippen LogP contribution is -2.50. The summed E-state index contributed by atoms with van der Waals surface area (Å²) in [4.78, 5) is 14.6. The van der Waals surface area contributed by atoms with Crippen LogP contribution in [0.15, 0.2) is 54.6 Å². The first-order valence-corrected chi connectivity index (χ1v) is 8.33. The van der Waals surface area contributed by atoms with E-state index in [0.717, 1.165) is 11.3 Å². The molecule has 1 amide bonds. The van der Waals surface area contributed by atoms with Crippen molar-refractivity contribution in [3.8, 4) is 5.75 Å². The Hall–Kier alpha value is -2.33. The normalized spacial score (nSPS) is 20.7. The van der Waals surface area contributed by atoms with Crippen LogP contribution in [0.3, 0.4) is 0 Å². The summed E-state index contributed by atoms with van der Waals surface area (Å²) in [7, 11) is 0. The monoisotopic (exact) mass is 325 g/mol. The molecule has 1 aliphatic heterocycles. The first-order chi connectivity index (χ1) is 11.6. The number of ether oxygens (including phenoxy) is 2. The summed E-state index contributed by atoms with van der Waals surface area (Å²) in [5.74, 6) is 0.905. The fourth-order valence-electron chi connectivity index (χ4n) is 2.78. The summed E-state index contributed by atoms with van der Waals surface area (Å²) in [6.45, 7) is 5.74. The molecule has 126 valence electrons. The maximum Gasteiger partial charge on any atom is 0.254 e. The highest BCUT2D eigenvalue weighted by Crippen LogP contribution is 2.17. The summed E-state index contributed by atoms with van der Waals surface area (Å²) in [6.07, 6.45) is 0.0868. The Bertz CT molecular complexity index is 669. The number of carbonyl (C=O) groups excluding carboxylic acids is 1. The van der Waals surface area contributed by atoms with Crippen LogP contribution in [0, 0.1) is 0 Å². The lowest BCUT2D eigenvalue weighted by atomic mass is 10.1. The van der Waals surface area contributed by atoms with Gasteiger partial charge in [0.15, 0.2) is 0 Å². The molecule has 0 radical (unpaired) electrons. The second kappa shape index (κ2) is 7.49. The van der Waals surface area contributed by atoms with Crippen molar-refractivity contribution in [3.63, 3.8) is 0 Å². The largest absolute Gasteiger partial charge is 0.489 e. The van der Waals surface area contributed by atoms with Gasteiger partial charge in [0.05, 0.1) is 18.8 Å². The van der Waals surface area contributed by atoms with E-state index in [2.05, 4.69) is 0 Å². The average molecular weight is 325 g/mol. The fourth-order valence-corrected chi connectivity index (χ4v) is 2.78. The molecule has 2 unspecified atom stereocenters. The molecule has 0 spiro atoms. The SMILES string of the molecule is CC1CN(C(=O)c2ccc(COc3ccccc3)cc2)C(C)CO1. The molecule has 2 aromatic carbocycles. The predicted molar refractivity (Wildman–Crippen MR) is 93.1 cm³/mol. The van der Waals surface area contributed by atoms with E-state index in [1.54, 1.807) is 0 Å². The van der Waals surface area contributed by atoms with Gasteiger partial charge in [0, 0.05) is 12.1 Å². The molecule has 1 saturated heterocycles. The third-order valence-electron chi connectivity index (χ3n) is 4.22. The van der Waals surface area contributed by atoms with Gasteiger partial charge in [0.2, 0.25) is 0 Å². The third-order valence-corrected chi connectivity index (χ3v) is 4.22. The number of hydrogen-bond donors (Lipinski definition) is 0. The second-order valence-electron chi connectivity index (χ2n) is 6.25. The van der Waals surface area contributed by atoms with Crippen molar-refractivity contribution < 1.29 is 14.3 Å². The molecule has 0 aromatic heterocycles. The number of amides is 1. The molecular weight excluding hydrogens is 302 g/mol. The molecule has 2 aromatic rings. The lowest BCUT2D eigenvalue weighted by molar-refractivity contribution is -0.0387. The minimum Gasteiger partial charge on any atom is -0.489 e. The van der Waals surface area contributed by atoms with Gasteiger partial charge in [-0.25, -0.2) is 0 Å². The van der Waals surface area contributed by atoms with Crippen LogP contribution in [0.4, 0.5) is 0 Å². The molecule has 0 bridgehead atoms. The summed E-state index contributed by atoms with van der Waals surface area (Å²) in [5, 5.41) is 0. The zero-order valence-electron chi connectivity index (χ0n) is 14.1. The van der Waals surface area contributed by atoms with Crippen LogP contribution in [0.5, 0.6) is 5.75 Å². The smallest absolute Gasteiger partial charge is 0.254 e. The van der Waals surface area contributed by atoms with Crippen LogP contribution in [-0.2, 0) is 11.3 Å². The van der Waals surface area contributed by atoms with Gasteiger partial charge in [-0.3, -0.25) is 4.79 Å². The van der Waals surface area contributed by atoms with Crippen LogP contribution >= 0.6 is 0 Å². The summed E-state index contributed by atoms with van der Waals surface area (Å²) >= 11 is 0. The van der Waals surface area contributed by atoms with Crippen LogP contribution in [0.1, 0.15) is 29.8 Å². The minimum absolute atomic E-state index is 0.0631. The van der Waals surface area contributed by atoms with Crippen molar-refractivity contribution in [2.75, 3.05) is 13.2 Å². The van der Waals surface area contributed by atoms with E-state index in [-0.39, 0.29) is 18.1 Å². The van der Waals surface area contributed by atoms with Gasteiger partial charge >= 0.3 is 0 Å². The number of rotatable bonds is 4. The van der Waals surface area contributed by atoms with Crippen LogP contribution in [0.2, 0.25) is 0 Å². The van der Waals surface area contributed by atoms with E-state index in [1.165, 1.54) is 0 Å².